The molecule has 3 rings (SSSR count). The number of alkyl carbamates (subject to hydrolysis) is 1. The number of pyridine rings is 1. The third-order valence-corrected chi connectivity index (χ3v) is 6.96. The molecule has 2 unspecified atom stereocenters. The standard InChI is InChI=1S/C27H34ClN5O9S/c1-15(2)22(30-25(35)42-27(4,5)6)23(34)40-16(3)41-26(36)33(24-29-21-12-9-17(28)14-32(21)31-24)19-11-10-18(43(8,37)38)13-20(19)39-7/h9-16,22H,1-8H3,(H,30,35). The summed E-state index contributed by atoms with van der Waals surface area (Å²) in [6.07, 6.45) is -0.860. The van der Waals surface area contributed by atoms with Crippen molar-refractivity contribution in [2.24, 2.45) is 5.92 Å². The molecule has 43 heavy (non-hydrogen) atoms. The lowest BCUT2D eigenvalue weighted by Gasteiger charge is -2.26. The molecule has 0 aliphatic heterocycles. The van der Waals surface area contributed by atoms with Crippen molar-refractivity contribution in [1.29, 1.82) is 0 Å². The lowest BCUT2D eigenvalue weighted by atomic mass is 10.1. The van der Waals surface area contributed by atoms with Gasteiger partial charge in [0, 0.05) is 25.4 Å². The van der Waals surface area contributed by atoms with E-state index in [-0.39, 0.29) is 22.3 Å². The molecule has 0 saturated heterocycles. The van der Waals surface area contributed by atoms with Crippen LogP contribution in [-0.2, 0) is 28.8 Å². The van der Waals surface area contributed by atoms with E-state index in [4.69, 9.17) is 30.5 Å². The number of rotatable bonds is 9. The minimum atomic E-state index is -3.62. The van der Waals surface area contributed by atoms with Crippen molar-refractivity contribution >= 4 is 56.9 Å². The summed E-state index contributed by atoms with van der Waals surface area (Å²) in [5.74, 6) is -1.46. The van der Waals surface area contributed by atoms with Crippen molar-refractivity contribution in [1.82, 2.24) is 19.9 Å². The number of hydrogen-bond donors (Lipinski definition) is 1. The highest BCUT2D eigenvalue weighted by Gasteiger charge is 2.33. The van der Waals surface area contributed by atoms with Crippen LogP contribution in [0.1, 0.15) is 41.5 Å². The number of nitrogens with one attached hydrogen (secondary N) is 1. The Bertz CT molecular complexity index is 1620. The van der Waals surface area contributed by atoms with Crippen LogP contribution >= 0.6 is 11.6 Å². The maximum atomic E-state index is 13.6. The Kier molecular flexibility index (Phi) is 10.1. The Labute approximate surface area is 254 Å². The van der Waals surface area contributed by atoms with Crippen LogP contribution in [-0.4, -0.2) is 72.5 Å². The molecule has 1 N–H and O–H groups in total. The first kappa shape index (κ1) is 33.4. The number of aromatic nitrogens is 3. The fourth-order valence-corrected chi connectivity index (χ4v) is 4.48. The summed E-state index contributed by atoms with van der Waals surface area (Å²) < 4.78 is 47.0. The predicted molar refractivity (Wildman–Crippen MR) is 156 cm³/mol. The van der Waals surface area contributed by atoms with Crippen LogP contribution < -0.4 is 15.0 Å². The second kappa shape index (κ2) is 13.0. The Morgan fingerprint density at radius 1 is 1.07 bits per heavy atom. The van der Waals surface area contributed by atoms with Gasteiger partial charge in [-0.15, -0.1) is 5.10 Å². The zero-order valence-corrected chi connectivity index (χ0v) is 26.5. The van der Waals surface area contributed by atoms with Crippen molar-refractivity contribution in [3.8, 4) is 5.75 Å². The number of fused-ring (bicyclic) bond motifs is 1. The van der Waals surface area contributed by atoms with E-state index >= 15 is 0 Å². The van der Waals surface area contributed by atoms with Gasteiger partial charge in [0.05, 0.1) is 22.7 Å². The van der Waals surface area contributed by atoms with Crippen molar-refractivity contribution in [3.63, 3.8) is 0 Å². The van der Waals surface area contributed by atoms with E-state index in [0.717, 1.165) is 11.2 Å². The number of benzene rings is 1. The Morgan fingerprint density at radius 3 is 2.33 bits per heavy atom. The van der Waals surface area contributed by atoms with Crippen LogP contribution in [0.2, 0.25) is 5.02 Å². The van der Waals surface area contributed by atoms with E-state index < -0.39 is 51.8 Å². The SMILES string of the molecule is COc1cc(S(C)(=O)=O)ccc1N(C(=O)OC(C)OC(=O)C(NC(=O)OC(C)(C)C)C(C)C)c1nc2ccc(Cl)cn2n1. The summed E-state index contributed by atoms with van der Waals surface area (Å²) in [5.41, 5.74) is -0.428. The van der Waals surface area contributed by atoms with Crippen LogP contribution in [0.15, 0.2) is 41.4 Å². The Hall–Kier alpha value is -4.11. The molecule has 1 aromatic carbocycles. The number of nitrogens with zero attached hydrogens (tertiary/aromatic N) is 4. The smallest absolute Gasteiger partial charge is 0.424 e. The van der Waals surface area contributed by atoms with Crippen molar-refractivity contribution in [2.75, 3.05) is 18.3 Å². The number of carbonyl (C=O) groups excluding carboxylic acids is 3. The number of methoxy groups -OCH3 is 1. The Morgan fingerprint density at radius 2 is 1.74 bits per heavy atom. The fourth-order valence-electron chi connectivity index (χ4n) is 3.69. The van der Waals surface area contributed by atoms with E-state index in [0.29, 0.717) is 10.7 Å². The average molecular weight is 640 g/mol. The number of hydrogen-bond acceptors (Lipinski definition) is 11. The van der Waals surface area contributed by atoms with Gasteiger partial charge in [-0.1, -0.05) is 25.4 Å². The van der Waals surface area contributed by atoms with E-state index in [1.165, 1.54) is 42.9 Å². The van der Waals surface area contributed by atoms with Gasteiger partial charge in [-0.3, -0.25) is 0 Å². The molecule has 0 aliphatic rings. The number of ether oxygens (including phenoxy) is 4. The zero-order valence-electron chi connectivity index (χ0n) is 24.9. The molecule has 2 heterocycles. The van der Waals surface area contributed by atoms with Gasteiger partial charge in [-0.2, -0.15) is 4.98 Å². The van der Waals surface area contributed by atoms with Crippen molar-refractivity contribution < 1.29 is 41.7 Å². The normalized spacial score (nSPS) is 13.3. The third-order valence-electron chi connectivity index (χ3n) is 5.63. The largest absolute Gasteiger partial charge is 0.495 e. The number of sulfone groups is 1. The monoisotopic (exact) mass is 639 g/mol. The summed E-state index contributed by atoms with van der Waals surface area (Å²) in [6.45, 7) is 9.72. The molecular formula is C27H34ClN5O9S. The molecule has 2 amide bonds. The van der Waals surface area contributed by atoms with Gasteiger partial charge in [0.2, 0.25) is 6.29 Å². The summed E-state index contributed by atoms with van der Waals surface area (Å²) in [5, 5.41) is 7.13. The highest BCUT2D eigenvalue weighted by Crippen LogP contribution is 2.35. The summed E-state index contributed by atoms with van der Waals surface area (Å²) in [6, 6.07) is 5.87. The summed E-state index contributed by atoms with van der Waals surface area (Å²) >= 11 is 6.07. The van der Waals surface area contributed by atoms with Crippen molar-refractivity contribution in [2.45, 2.75) is 64.4 Å². The minimum Gasteiger partial charge on any atom is -0.495 e. The molecular weight excluding hydrogens is 606 g/mol. The quantitative estimate of drug-likeness (QED) is 0.258. The van der Waals surface area contributed by atoms with E-state index in [2.05, 4.69) is 15.4 Å². The van der Waals surface area contributed by atoms with Gasteiger partial charge in [0.15, 0.2) is 15.5 Å². The average Bonchev–Trinajstić information content (AvgIpc) is 3.27. The number of amides is 2. The molecule has 14 nitrogen and oxygen atoms in total. The van der Waals surface area contributed by atoms with Crippen LogP contribution in [0, 0.1) is 5.92 Å². The van der Waals surface area contributed by atoms with Crippen molar-refractivity contribution in [3.05, 3.63) is 41.6 Å². The minimum absolute atomic E-state index is 0.0113. The Balaban J connectivity index is 1.92. The molecule has 3 aromatic rings. The number of anilines is 2. The van der Waals surface area contributed by atoms with E-state index in [9.17, 15) is 22.8 Å². The molecule has 16 heteroatoms. The molecule has 0 spiro atoms. The summed E-state index contributed by atoms with van der Waals surface area (Å²) in [4.78, 5) is 44.1. The lowest BCUT2D eigenvalue weighted by Crippen LogP contribution is -2.48. The second-order valence-corrected chi connectivity index (χ2v) is 13.2. The molecule has 0 radical (unpaired) electrons. The molecule has 234 valence electrons. The van der Waals surface area contributed by atoms with Crippen LogP contribution in [0.5, 0.6) is 5.75 Å². The first-order chi connectivity index (χ1) is 19.9. The van der Waals surface area contributed by atoms with E-state index in [1.54, 1.807) is 46.8 Å². The van der Waals surface area contributed by atoms with Gasteiger partial charge in [0.25, 0.3) is 5.95 Å². The van der Waals surface area contributed by atoms with Crippen LogP contribution in [0.3, 0.4) is 0 Å². The highest BCUT2D eigenvalue weighted by molar-refractivity contribution is 7.90. The molecule has 0 bridgehead atoms. The van der Waals surface area contributed by atoms with Crippen LogP contribution in [0.25, 0.3) is 5.65 Å². The molecule has 0 saturated carbocycles. The van der Waals surface area contributed by atoms with Gasteiger partial charge >= 0.3 is 18.2 Å². The van der Waals surface area contributed by atoms with Crippen LogP contribution in [0.4, 0.5) is 21.2 Å². The first-order valence-electron chi connectivity index (χ1n) is 13.0. The number of esters is 1. The van der Waals surface area contributed by atoms with Gasteiger partial charge < -0.3 is 24.3 Å². The highest BCUT2D eigenvalue weighted by atomic mass is 35.5. The lowest BCUT2D eigenvalue weighted by molar-refractivity contribution is -0.168. The first-order valence-corrected chi connectivity index (χ1v) is 15.3. The topological polar surface area (TPSA) is 168 Å². The zero-order chi connectivity index (χ0) is 32.3. The third kappa shape index (κ3) is 8.70. The van der Waals surface area contributed by atoms with E-state index in [1.807, 2.05) is 0 Å². The van der Waals surface area contributed by atoms with Gasteiger partial charge in [0.1, 0.15) is 17.4 Å². The second-order valence-electron chi connectivity index (χ2n) is 10.8. The van der Waals surface area contributed by atoms with Gasteiger partial charge in [-0.25, -0.2) is 32.2 Å². The number of halogens is 1. The number of carbonyl (C=O) groups is 3. The molecule has 2 atom stereocenters. The molecule has 0 fully saturated rings. The summed E-state index contributed by atoms with van der Waals surface area (Å²) in [7, 11) is -2.32. The maximum absolute atomic E-state index is 13.6. The predicted octanol–water partition coefficient (Wildman–Crippen LogP) is 4.51. The van der Waals surface area contributed by atoms with Gasteiger partial charge in [-0.05, 0) is 51.0 Å². The maximum Gasteiger partial charge on any atom is 0.424 e. The molecule has 0 aliphatic carbocycles. The fraction of sp³-hybridized carbons (Fsp3) is 0.444. The molecule has 2 aromatic heterocycles.